The van der Waals surface area contributed by atoms with Crippen LogP contribution in [0.25, 0.3) is 0 Å². The predicted molar refractivity (Wildman–Crippen MR) is 96.5 cm³/mol. The van der Waals surface area contributed by atoms with Crippen LogP contribution in [0.3, 0.4) is 0 Å². The zero-order chi connectivity index (χ0) is 18.2. The molecule has 1 saturated heterocycles. The summed E-state index contributed by atoms with van der Waals surface area (Å²) in [6.07, 6.45) is 1.14. The van der Waals surface area contributed by atoms with Gasteiger partial charge in [-0.05, 0) is 29.8 Å². The number of carbonyl (C=O) groups is 1. The van der Waals surface area contributed by atoms with Gasteiger partial charge in [-0.15, -0.1) is 11.8 Å². The van der Waals surface area contributed by atoms with E-state index >= 15 is 0 Å². The monoisotopic (exact) mass is 380 g/mol. The Bertz CT molecular complexity index is 914. The summed E-state index contributed by atoms with van der Waals surface area (Å²) in [5.74, 6) is -0.295. The molecule has 8 heteroatoms. The third-order valence-corrected chi connectivity index (χ3v) is 6.34. The van der Waals surface area contributed by atoms with Gasteiger partial charge in [0.1, 0.15) is 11.2 Å². The van der Waals surface area contributed by atoms with Crippen LogP contribution in [0.2, 0.25) is 0 Å². The van der Waals surface area contributed by atoms with Crippen LogP contribution in [0.4, 0.5) is 10.1 Å². The van der Waals surface area contributed by atoms with E-state index in [9.17, 15) is 17.6 Å². The van der Waals surface area contributed by atoms with Gasteiger partial charge in [0.2, 0.25) is 5.91 Å². The lowest BCUT2D eigenvalue weighted by atomic mass is 10.1. The van der Waals surface area contributed by atoms with Crippen molar-refractivity contribution in [2.75, 3.05) is 16.9 Å². The summed E-state index contributed by atoms with van der Waals surface area (Å²) in [6.45, 7) is 0.0885. The van der Waals surface area contributed by atoms with E-state index < -0.39 is 15.7 Å². The highest BCUT2D eigenvalue weighted by Crippen LogP contribution is 2.42. The van der Waals surface area contributed by atoms with E-state index in [0.29, 0.717) is 11.3 Å². The van der Waals surface area contributed by atoms with Crippen LogP contribution < -0.4 is 10.6 Å². The van der Waals surface area contributed by atoms with E-state index in [2.05, 4.69) is 0 Å². The molecular formula is C17H17FN2O3S2. The molecule has 1 aliphatic heterocycles. The van der Waals surface area contributed by atoms with E-state index in [1.165, 1.54) is 34.9 Å². The number of hydrogen-bond acceptors (Lipinski definition) is 5. The van der Waals surface area contributed by atoms with Crippen LogP contribution in [0.1, 0.15) is 16.5 Å². The Morgan fingerprint density at radius 2 is 1.92 bits per heavy atom. The Kier molecular flexibility index (Phi) is 4.86. The standard InChI is InChI=1S/C17H17FN2O3S2/c1-25(22,23)14-6-3-11(4-7-14)17-20(16(21)10-24-17)13-5-2-12(9-19)15(18)8-13/h2-8,17H,9-10,19H2,1H3. The molecule has 132 valence electrons. The average molecular weight is 380 g/mol. The first-order chi connectivity index (χ1) is 11.8. The molecule has 1 unspecified atom stereocenters. The molecule has 0 spiro atoms. The van der Waals surface area contributed by atoms with Crippen LogP contribution in [0, 0.1) is 5.82 Å². The third kappa shape index (κ3) is 3.56. The maximum absolute atomic E-state index is 14.1. The summed E-state index contributed by atoms with van der Waals surface area (Å²) in [6, 6.07) is 11.0. The number of nitrogens with zero attached hydrogens (tertiary/aromatic N) is 1. The lowest BCUT2D eigenvalue weighted by Gasteiger charge is -2.25. The zero-order valence-corrected chi connectivity index (χ0v) is 15.1. The fourth-order valence-corrected chi connectivity index (χ4v) is 4.49. The number of nitrogens with two attached hydrogens (primary N) is 1. The second-order valence-corrected chi connectivity index (χ2v) is 8.83. The number of rotatable bonds is 4. The largest absolute Gasteiger partial charge is 0.326 e. The number of amides is 1. The molecule has 1 amide bonds. The van der Waals surface area contributed by atoms with Gasteiger partial charge in [0.25, 0.3) is 0 Å². The predicted octanol–water partition coefficient (Wildman–Crippen LogP) is 2.47. The minimum atomic E-state index is -3.28. The average Bonchev–Trinajstić information content (AvgIpc) is 2.95. The van der Waals surface area contributed by atoms with E-state index in [0.717, 1.165) is 11.8 Å². The molecule has 0 radical (unpaired) electrons. The van der Waals surface area contributed by atoms with Gasteiger partial charge in [-0.2, -0.15) is 0 Å². The lowest BCUT2D eigenvalue weighted by Crippen LogP contribution is -2.28. The molecule has 0 saturated carbocycles. The molecule has 2 aromatic carbocycles. The van der Waals surface area contributed by atoms with Crippen molar-refractivity contribution in [3.05, 3.63) is 59.4 Å². The van der Waals surface area contributed by atoms with Crippen LogP contribution in [-0.2, 0) is 21.2 Å². The van der Waals surface area contributed by atoms with Crippen LogP contribution in [-0.4, -0.2) is 26.3 Å². The van der Waals surface area contributed by atoms with E-state index in [4.69, 9.17) is 5.73 Å². The number of halogens is 1. The lowest BCUT2D eigenvalue weighted by molar-refractivity contribution is -0.115. The van der Waals surface area contributed by atoms with E-state index in [1.807, 2.05) is 0 Å². The fraction of sp³-hybridized carbons (Fsp3) is 0.235. The third-order valence-electron chi connectivity index (χ3n) is 4.00. The highest BCUT2D eigenvalue weighted by Gasteiger charge is 2.34. The smallest absolute Gasteiger partial charge is 0.238 e. The van der Waals surface area contributed by atoms with Gasteiger partial charge in [-0.25, -0.2) is 12.8 Å². The number of hydrogen-bond donors (Lipinski definition) is 1. The molecule has 0 aromatic heterocycles. The summed E-state index contributed by atoms with van der Waals surface area (Å²) < 4.78 is 37.2. The van der Waals surface area contributed by atoms with Crippen molar-refractivity contribution in [3.63, 3.8) is 0 Å². The molecule has 2 aromatic rings. The topological polar surface area (TPSA) is 80.5 Å². The van der Waals surface area contributed by atoms with Crippen molar-refractivity contribution in [1.82, 2.24) is 0 Å². The summed E-state index contributed by atoms with van der Waals surface area (Å²) >= 11 is 1.42. The number of carbonyl (C=O) groups excluding carboxylic acids is 1. The second-order valence-electron chi connectivity index (χ2n) is 5.75. The molecule has 1 heterocycles. The number of sulfone groups is 1. The van der Waals surface area contributed by atoms with Crippen molar-refractivity contribution in [1.29, 1.82) is 0 Å². The van der Waals surface area contributed by atoms with Crippen molar-refractivity contribution in [2.45, 2.75) is 16.8 Å². The number of anilines is 1. The van der Waals surface area contributed by atoms with Gasteiger partial charge in [0.15, 0.2) is 9.84 Å². The molecule has 5 nitrogen and oxygen atoms in total. The molecule has 1 fully saturated rings. The Balaban J connectivity index is 1.96. The molecule has 1 aliphatic rings. The number of thioether (sulfide) groups is 1. The molecular weight excluding hydrogens is 363 g/mol. The van der Waals surface area contributed by atoms with Crippen LogP contribution >= 0.6 is 11.8 Å². The maximum Gasteiger partial charge on any atom is 0.238 e. The van der Waals surface area contributed by atoms with Gasteiger partial charge in [0.05, 0.1) is 10.6 Å². The van der Waals surface area contributed by atoms with Gasteiger partial charge < -0.3 is 5.73 Å². The van der Waals surface area contributed by atoms with Crippen LogP contribution in [0.15, 0.2) is 47.4 Å². The van der Waals surface area contributed by atoms with Gasteiger partial charge in [-0.3, -0.25) is 9.69 Å². The molecule has 0 bridgehead atoms. The van der Waals surface area contributed by atoms with E-state index in [1.54, 1.807) is 24.3 Å². The fourth-order valence-electron chi connectivity index (χ4n) is 2.68. The normalized spacial score (nSPS) is 18.0. The Hall–Kier alpha value is -1.90. The second kappa shape index (κ2) is 6.78. The minimum Gasteiger partial charge on any atom is -0.326 e. The Labute approximate surface area is 149 Å². The van der Waals surface area contributed by atoms with Gasteiger partial charge in [-0.1, -0.05) is 18.2 Å². The first kappa shape index (κ1) is 17.9. The summed E-state index contributed by atoms with van der Waals surface area (Å²) in [5.41, 5.74) is 7.11. The van der Waals surface area contributed by atoms with Gasteiger partial charge >= 0.3 is 0 Å². The first-order valence-electron chi connectivity index (χ1n) is 7.53. The van der Waals surface area contributed by atoms with Gasteiger partial charge in [0, 0.05) is 24.1 Å². The van der Waals surface area contributed by atoms with Crippen molar-refractivity contribution < 1.29 is 17.6 Å². The maximum atomic E-state index is 14.1. The molecule has 0 aliphatic carbocycles. The SMILES string of the molecule is CS(=O)(=O)c1ccc(C2SCC(=O)N2c2ccc(CN)c(F)c2)cc1. The van der Waals surface area contributed by atoms with E-state index in [-0.39, 0.29) is 28.5 Å². The van der Waals surface area contributed by atoms with Crippen molar-refractivity contribution >= 4 is 33.2 Å². The first-order valence-corrected chi connectivity index (χ1v) is 10.5. The summed E-state index contributed by atoms with van der Waals surface area (Å²) in [4.78, 5) is 14.1. The summed E-state index contributed by atoms with van der Waals surface area (Å²) in [5, 5.41) is -0.329. The number of benzene rings is 2. The molecule has 25 heavy (non-hydrogen) atoms. The minimum absolute atomic E-state index is 0.0885. The van der Waals surface area contributed by atoms with Crippen molar-refractivity contribution in [3.8, 4) is 0 Å². The summed E-state index contributed by atoms with van der Waals surface area (Å²) in [7, 11) is -3.28. The highest BCUT2D eigenvalue weighted by atomic mass is 32.2. The Morgan fingerprint density at radius 1 is 1.24 bits per heavy atom. The van der Waals surface area contributed by atoms with Crippen LogP contribution in [0.5, 0.6) is 0 Å². The van der Waals surface area contributed by atoms with Crippen molar-refractivity contribution in [2.24, 2.45) is 5.73 Å². The molecule has 1 atom stereocenters. The highest BCUT2D eigenvalue weighted by molar-refractivity contribution is 8.00. The molecule has 2 N–H and O–H groups in total. The Morgan fingerprint density at radius 3 is 2.48 bits per heavy atom. The quantitative estimate of drug-likeness (QED) is 0.881. The zero-order valence-electron chi connectivity index (χ0n) is 13.5. The molecule has 3 rings (SSSR count).